The van der Waals surface area contributed by atoms with Crippen molar-refractivity contribution in [2.75, 3.05) is 11.9 Å². The summed E-state index contributed by atoms with van der Waals surface area (Å²) in [5, 5.41) is 5.95. The van der Waals surface area contributed by atoms with Gasteiger partial charge in [-0.15, -0.1) is 0 Å². The molecule has 3 aromatic carbocycles. The zero-order valence-corrected chi connectivity index (χ0v) is 17.3. The van der Waals surface area contributed by atoms with Crippen molar-refractivity contribution in [1.29, 1.82) is 0 Å². The molecule has 1 aromatic heterocycles. The van der Waals surface area contributed by atoms with E-state index in [1.54, 1.807) is 12.5 Å². The first-order valence-electron chi connectivity index (χ1n) is 10.2. The summed E-state index contributed by atoms with van der Waals surface area (Å²) in [4.78, 5) is 24.2. The summed E-state index contributed by atoms with van der Waals surface area (Å²) in [6.07, 6.45) is 4.00. The lowest BCUT2D eigenvalue weighted by molar-refractivity contribution is 0.0977. The first-order valence-corrected chi connectivity index (χ1v) is 10.2. The molecular weight excluding hydrogens is 405 g/mol. The summed E-state index contributed by atoms with van der Waals surface area (Å²) in [5.41, 5.74) is 4.28. The number of anilines is 1. The maximum atomic E-state index is 13.2. The van der Waals surface area contributed by atoms with Crippen LogP contribution in [0.25, 0.3) is 11.1 Å². The van der Waals surface area contributed by atoms with Crippen LogP contribution in [0.3, 0.4) is 0 Å². The van der Waals surface area contributed by atoms with Gasteiger partial charge in [0.05, 0.1) is 6.33 Å². The maximum absolute atomic E-state index is 13.2. The van der Waals surface area contributed by atoms with E-state index >= 15 is 0 Å². The molecule has 0 radical (unpaired) electrons. The van der Waals surface area contributed by atoms with Crippen LogP contribution in [-0.2, 0) is 6.42 Å². The van der Waals surface area contributed by atoms with Crippen LogP contribution in [0.1, 0.15) is 16.1 Å². The number of imidazole rings is 1. The van der Waals surface area contributed by atoms with E-state index in [2.05, 4.69) is 25.6 Å². The molecule has 0 aliphatic heterocycles. The van der Waals surface area contributed by atoms with E-state index in [1.807, 2.05) is 54.6 Å². The highest BCUT2D eigenvalue weighted by Crippen LogP contribution is 2.21. The maximum Gasteiger partial charge on any atom is 0.257 e. The van der Waals surface area contributed by atoms with E-state index < -0.39 is 5.82 Å². The molecule has 3 N–H and O–H groups in total. The number of hydrogen-bond donors (Lipinski definition) is 3. The fourth-order valence-corrected chi connectivity index (χ4v) is 3.11. The quantitative estimate of drug-likeness (QED) is 0.309. The zero-order chi connectivity index (χ0) is 22.2. The molecule has 6 nitrogen and oxygen atoms in total. The van der Waals surface area contributed by atoms with Crippen molar-refractivity contribution in [3.8, 4) is 11.1 Å². The number of nitrogens with one attached hydrogen (secondary N) is 3. The molecule has 160 valence electrons. The highest BCUT2D eigenvalue weighted by molar-refractivity contribution is 6.10. The molecule has 0 bridgehead atoms. The average Bonchev–Trinajstić information content (AvgIpc) is 3.34. The van der Waals surface area contributed by atoms with Crippen molar-refractivity contribution in [3.63, 3.8) is 0 Å². The first-order chi connectivity index (χ1) is 15.7. The van der Waals surface area contributed by atoms with Crippen LogP contribution in [-0.4, -0.2) is 28.4 Å². The number of aromatic nitrogens is 2. The van der Waals surface area contributed by atoms with Crippen LogP contribution in [0.2, 0.25) is 0 Å². The molecule has 0 saturated carbocycles. The number of aromatic amines is 1. The second-order valence-corrected chi connectivity index (χ2v) is 7.09. The van der Waals surface area contributed by atoms with Gasteiger partial charge in [0.15, 0.2) is 0 Å². The molecule has 1 heterocycles. The number of guanidine groups is 1. The van der Waals surface area contributed by atoms with Gasteiger partial charge in [-0.25, -0.2) is 9.37 Å². The molecule has 4 rings (SSSR count). The highest BCUT2D eigenvalue weighted by Gasteiger charge is 2.10. The van der Waals surface area contributed by atoms with E-state index in [0.29, 0.717) is 24.5 Å². The average molecular weight is 427 g/mol. The van der Waals surface area contributed by atoms with Crippen molar-refractivity contribution in [2.45, 2.75) is 6.42 Å². The SMILES string of the molecule is O=C(NC(=NCCc1cnc[nH]1)Nc1ccc(-c2ccccc2)cc1)c1ccc(F)cc1. The molecule has 0 spiro atoms. The lowest BCUT2D eigenvalue weighted by Crippen LogP contribution is -2.36. The van der Waals surface area contributed by atoms with Crippen LogP contribution >= 0.6 is 0 Å². The topological polar surface area (TPSA) is 82.2 Å². The summed E-state index contributed by atoms with van der Waals surface area (Å²) in [6, 6.07) is 23.3. The van der Waals surface area contributed by atoms with Gasteiger partial charge in [-0.05, 0) is 47.5 Å². The van der Waals surface area contributed by atoms with Gasteiger partial charge in [0, 0.05) is 36.1 Å². The van der Waals surface area contributed by atoms with Gasteiger partial charge in [-0.1, -0.05) is 42.5 Å². The Morgan fingerprint density at radius 3 is 2.34 bits per heavy atom. The van der Waals surface area contributed by atoms with Crippen LogP contribution in [0.15, 0.2) is 96.4 Å². The molecule has 0 unspecified atom stereocenters. The fourth-order valence-electron chi connectivity index (χ4n) is 3.11. The van der Waals surface area contributed by atoms with Gasteiger partial charge < -0.3 is 10.3 Å². The van der Waals surface area contributed by atoms with Crippen LogP contribution in [0.4, 0.5) is 10.1 Å². The molecule has 0 aliphatic carbocycles. The minimum atomic E-state index is -0.397. The Bertz CT molecular complexity index is 1170. The number of carbonyl (C=O) groups excluding carboxylic acids is 1. The highest BCUT2D eigenvalue weighted by atomic mass is 19.1. The summed E-state index contributed by atoms with van der Waals surface area (Å²) >= 11 is 0. The molecule has 4 aromatic rings. The Hall–Kier alpha value is -4.26. The van der Waals surface area contributed by atoms with Crippen molar-refractivity contribution in [3.05, 3.63) is 108 Å². The second-order valence-electron chi connectivity index (χ2n) is 7.09. The third-order valence-corrected chi connectivity index (χ3v) is 4.80. The summed E-state index contributed by atoms with van der Waals surface area (Å²) < 4.78 is 13.2. The number of benzene rings is 3. The van der Waals surface area contributed by atoms with Crippen molar-refractivity contribution < 1.29 is 9.18 Å². The predicted molar refractivity (Wildman–Crippen MR) is 124 cm³/mol. The van der Waals surface area contributed by atoms with Gasteiger partial charge in [0.25, 0.3) is 5.91 Å². The molecular formula is C25H22FN5O. The number of aliphatic imine (C=N–C) groups is 1. The van der Waals surface area contributed by atoms with Crippen LogP contribution in [0, 0.1) is 5.82 Å². The van der Waals surface area contributed by atoms with Gasteiger partial charge >= 0.3 is 0 Å². The Balaban J connectivity index is 1.48. The number of halogens is 1. The summed E-state index contributed by atoms with van der Waals surface area (Å²) in [5.74, 6) is -0.461. The third kappa shape index (κ3) is 5.66. The normalized spacial score (nSPS) is 11.2. The monoisotopic (exact) mass is 427 g/mol. The number of hydrogen-bond acceptors (Lipinski definition) is 3. The van der Waals surface area contributed by atoms with Gasteiger partial charge in [-0.3, -0.25) is 15.1 Å². The van der Waals surface area contributed by atoms with Crippen molar-refractivity contribution in [1.82, 2.24) is 15.3 Å². The lowest BCUT2D eigenvalue weighted by Gasteiger charge is -2.12. The van der Waals surface area contributed by atoms with Crippen LogP contribution < -0.4 is 10.6 Å². The fraction of sp³-hybridized carbons (Fsp3) is 0.0800. The second kappa shape index (κ2) is 10.2. The number of H-pyrrole nitrogens is 1. The standard InChI is InChI=1S/C25H22FN5O/c26-21-10-6-20(7-11-21)24(32)31-25(28-15-14-23-16-27-17-29-23)30-22-12-8-19(9-13-22)18-4-2-1-3-5-18/h1-13,16-17H,14-15H2,(H,27,29)(H2,28,30,31,32). The number of nitrogens with zero attached hydrogens (tertiary/aromatic N) is 2. The summed E-state index contributed by atoms with van der Waals surface area (Å²) in [7, 11) is 0. The molecule has 0 aliphatic rings. The minimum absolute atomic E-state index is 0.311. The van der Waals surface area contributed by atoms with E-state index in [-0.39, 0.29) is 5.91 Å². The Kier molecular flexibility index (Phi) is 6.67. The molecule has 1 amide bonds. The van der Waals surface area contributed by atoms with Gasteiger partial charge in [0.1, 0.15) is 5.82 Å². The molecule has 0 fully saturated rings. The summed E-state index contributed by atoms with van der Waals surface area (Å²) in [6.45, 7) is 0.441. The first kappa shape index (κ1) is 21.0. The Morgan fingerprint density at radius 1 is 0.938 bits per heavy atom. The van der Waals surface area contributed by atoms with E-state index in [0.717, 1.165) is 22.5 Å². The van der Waals surface area contributed by atoms with E-state index in [4.69, 9.17) is 0 Å². The smallest absolute Gasteiger partial charge is 0.257 e. The Labute approximate surface area is 185 Å². The number of carbonyl (C=O) groups is 1. The van der Waals surface area contributed by atoms with E-state index in [9.17, 15) is 9.18 Å². The third-order valence-electron chi connectivity index (χ3n) is 4.80. The van der Waals surface area contributed by atoms with Crippen molar-refractivity contribution in [2.24, 2.45) is 4.99 Å². The Morgan fingerprint density at radius 2 is 1.66 bits per heavy atom. The number of amides is 1. The molecule has 0 atom stereocenters. The molecule has 7 heteroatoms. The molecule has 0 saturated heterocycles. The van der Waals surface area contributed by atoms with E-state index in [1.165, 1.54) is 24.3 Å². The zero-order valence-electron chi connectivity index (χ0n) is 17.3. The molecule has 32 heavy (non-hydrogen) atoms. The lowest BCUT2D eigenvalue weighted by atomic mass is 10.1. The minimum Gasteiger partial charge on any atom is -0.348 e. The predicted octanol–water partition coefficient (Wildman–Crippen LogP) is 4.66. The van der Waals surface area contributed by atoms with Gasteiger partial charge in [0.2, 0.25) is 5.96 Å². The largest absolute Gasteiger partial charge is 0.348 e. The number of rotatable bonds is 6. The van der Waals surface area contributed by atoms with Crippen LogP contribution in [0.5, 0.6) is 0 Å². The van der Waals surface area contributed by atoms with Gasteiger partial charge in [-0.2, -0.15) is 0 Å². The van der Waals surface area contributed by atoms with Crippen molar-refractivity contribution >= 4 is 17.6 Å².